The fourth-order valence-electron chi connectivity index (χ4n) is 4.78. The summed E-state index contributed by atoms with van der Waals surface area (Å²) >= 11 is 6.17. The van der Waals surface area contributed by atoms with Gasteiger partial charge in [0.05, 0.1) is 23.7 Å². The number of fused-ring (bicyclic) bond motifs is 3. The van der Waals surface area contributed by atoms with Crippen LogP contribution in [0.15, 0.2) is 77.7 Å². The van der Waals surface area contributed by atoms with Gasteiger partial charge in [0.2, 0.25) is 0 Å². The Hall–Kier alpha value is -2.96. The maximum atomic E-state index is 13.1. The standard InChI is InChI=1S/C26H25ClN2O3S/c1-16-9-10-18(14-24(16)27)29-33(30,31)20-11-12-25-23(15-20)21-7-4-8-22(21)26(28-25)17-5-3-6-19(13-17)32-2/h3-7,9-15,21-22,26,28-29H,8H2,1-2H3/t21-,22+,26+/m0/s1. The van der Waals surface area contributed by atoms with Crippen LogP contribution >= 0.6 is 11.6 Å². The van der Waals surface area contributed by atoms with Crippen LogP contribution in [-0.2, 0) is 10.0 Å². The summed E-state index contributed by atoms with van der Waals surface area (Å²) < 4.78 is 34.3. The number of ether oxygens (including phenoxy) is 1. The lowest BCUT2D eigenvalue weighted by Crippen LogP contribution is -2.29. The van der Waals surface area contributed by atoms with E-state index in [0.717, 1.165) is 34.5 Å². The third kappa shape index (κ3) is 4.09. The molecule has 1 aliphatic carbocycles. The quantitative estimate of drug-likeness (QED) is 0.421. The molecule has 0 aromatic heterocycles. The Morgan fingerprint density at radius 2 is 1.94 bits per heavy atom. The van der Waals surface area contributed by atoms with Crippen LogP contribution in [0.3, 0.4) is 0 Å². The van der Waals surface area contributed by atoms with Gasteiger partial charge in [-0.25, -0.2) is 8.42 Å². The molecular formula is C26H25ClN2O3S. The summed E-state index contributed by atoms with van der Waals surface area (Å²) in [5.41, 5.74) is 4.45. The molecule has 1 heterocycles. The number of nitrogens with one attached hydrogen (secondary N) is 2. The van der Waals surface area contributed by atoms with Crippen LogP contribution in [0.25, 0.3) is 0 Å². The summed E-state index contributed by atoms with van der Waals surface area (Å²) in [6.07, 6.45) is 5.31. The predicted octanol–water partition coefficient (Wildman–Crippen LogP) is 6.28. The van der Waals surface area contributed by atoms with Gasteiger partial charge in [0, 0.05) is 16.6 Å². The van der Waals surface area contributed by atoms with Crippen molar-refractivity contribution in [3.8, 4) is 5.75 Å². The summed E-state index contributed by atoms with van der Waals surface area (Å²) in [4.78, 5) is 0.235. The summed E-state index contributed by atoms with van der Waals surface area (Å²) in [5.74, 6) is 1.26. The summed E-state index contributed by atoms with van der Waals surface area (Å²) in [5, 5.41) is 4.17. The Balaban J connectivity index is 1.48. The highest BCUT2D eigenvalue weighted by Gasteiger charge is 2.38. The Kier molecular flexibility index (Phi) is 5.59. The second-order valence-corrected chi connectivity index (χ2v) is 10.7. The van der Waals surface area contributed by atoms with Gasteiger partial charge in [-0.15, -0.1) is 0 Å². The Bertz CT molecular complexity index is 1350. The highest BCUT2D eigenvalue weighted by atomic mass is 35.5. The largest absolute Gasteiger partial charge is 0.497 e. The fourth-order valence-corrected chi connectivity index (χ4v) is 6.04. The van der Waals surface area contributed by atoms with Crippen molar-refractivity contribution in [2.75, 3.05) is 17.1 Å². The van der Waals surface area contributed by atoms with Gasteiger partial charge in [-0.05, 0) is 78.4 Å². The Labute approximate surface area is 199 Å². The smallest absolute Gasteiger partial charge is 0.261 e. The molecule has 0 amide bonds. The van der Waals surface area contributed by atoms with E-state index >= 15 is 0 Å². The SMILES string of the molecule is COc1cccc([C@H]2Nc3ccc(S(=O)(=O)Nc4ccc(C)c(Cl)c4)cc3[C@H]3C=CC[C@H]32)c1. The van der Waals surface area contributed by atoms with Gasteiger partial charge in [-0.3, -0.25) is 4.72 Å². The van der Waals surface area contributed by atoms with E-state index in [1.807, 2.05) is 25.1 Å². The normalized spacial score (nSPS) is 21.1. The van der Waals surface area contributed by atoms with Crippen molar-refractivity contribution >= 4 is 33.0 Å². The van der Waals surface area contributed by atoms with E-state index in [1.54, 1.807) is 37.4 Å². The van der Waals surface area contributed by atoms with Crippen molar-refractivity contribution in [1.82, 2.24) is 0 Å². The zero-order valence-corrected chi connectivity index (χ0v) is 20.0. The molecule has 0 fully saturated rings. The van der Waals surface area contributed by atoms with E-state index in [4.69, 9.17) is 16.3 Å². The minimum Gasteiger partial charge on any atom is -0.497 e. The molecule has 3 atom stereocenters. The second-order valence-electron chi connectivity index (χ2n) is 8.57. The lowest BCUT2D eigenvalue weighted by atomic mass is 9.77. The average Bonchev–Trinajstić information content (AvgIpc) is 3.31. The van der Waals surface area contributed by atoms with Crippen LogP contribution in [0.2, 0.25) is 5.02 Å². The lowest BCUT2D eigenvalue weighted by molar-refractivity contribution is 0.406. The number of halogens is 1. The molecule has 2 aliphatic rings. The second kappa shape index (κ2) is 8.43. The number of hydrogen-bond donors (Lipinski definition) is 2. The summed E-state index contributed by atoms with van der Waals surface area (Å²) in [7, 11) is -2.09. The molecule has 0 saturated carbocycles. The highest BCUT2D eigenvalue weighted by Crippen LogP contribution is 2.50. The minimum atomic E-state index is -3.76. The molecule has 0 radical (unpaired) electrons. The summed E-state index contributed by atoms with van der Waals surface area (Å²) in [6, 6.07) is 18.7. The zero-order valence-electron chi connectivity index (χ0n) is 18.4. The van der Waals surface area contributed by atoms with Gasteiger partial charge >= 0.3 is 0 Å². The first-order valence-electron chi connectivity index (χ1n) is 10.9. The van der Waals surface area contributed by atoms with Crippen LogP contribution in [0.1, 0.15) is 35.1 Å². The molecule has 0 unspecified atom stereocenters. The Morgan fingerprint density at radius 3 is 2.73 bits per heavy atom. The number of hydrogen-bond acceptors (Lipinski definition) is 4. The first kappa shape index (κ1) is 21.9. The van der Waals surface area contributed by atoms with Crippen molar-refractivity contribution in [3.05, 3.63) is 94.5 Å². The number of sulfonamides is 1. The molecule has 1 aliphatic heterocycles. The van der Waals surface area contributed by atoms with Crippen LogP contribution in [0.5, 0.6) is 5.75 Å². The van der Waals surface area contributed by atoms with Gasteiger partial charge in [0.1, 0.15) is 5.75 Å². The van der Waals surface area contributed by atoms with Gasteiger partial charge in [-0.2, -0.15) is 0 Å². The van der Waals surface area contributed by atoms with E-state index in [1.165, 1.54) is 0 Å². The molecule has 5 rings (SSSR count). The molecule has 3 aromatic rings. The molecule has 170 valence electrons. The van der Waals surface area contributed by atoms with E-state index < -0.39 is 10.0 Å². The number of benzene rings is 3. The van der Waals surface area contributed by atoms with Crippen molar-refractivity contribution in [2.45, 2.75) is 30.2 Å². The minimum absolute atomic E-state index is 0.114. The van der Waals surface area contributed by atoms with Crippen molar-refractivity contribution in [1.29, 1.82) is 0 Å². The summed E-state index contributed by atoms with van der Waals surface area (Å²) in [6.45, 7) is 1.88. The topological polar surface area (TPSA) is 67.4 Å². The average molecular weight is 481 g/mol. The van der Waals surface area contributed by atoms with Crippen LogP contribution in [0, 0.1) is 12.8 Å². The molecular weight excluding hydrogens is 456 g/mol. The highest BCUT2D eigenvalue weighted by molar-refractivity contribution is 7.92. The molecule has 5 nitrogen and oxygen atoms in total. The number of methoxy groups -OCH3 is 1. The monoisotopic (exact) mass is 480 g/mol. The Morgan fingerprint density at radius 1 is 1.09 bits per heavy atom. The van der Waals surface area contributed by atoms with E-state index in [-0.39, 0.29) is 16.9 Å². The number of rotatable bonds is 5. The van der Waals surface area contributed by atoms with Crippen molar-refractivity contribution in [2.24, 2.45) is 5.92 Å². The van der Waals surface area contributed by atoms with Gasteiger partial charge in [0.25, 0.3) is 10.0 Å². The number of aryl methyl sites for hydroxylation is 1. The third-order valence-corrected chi connectivity index (χ3v) is 8.31. The van der Waals surface area contributed by atoms with Crippen LogP contribution in [0.4, 0.5) is 11.4 Å². The van der Waals surface area contributed by atoms with Gasteiger partial charge < -0.3 is 10.1 Å². The van der Waals surface area contributed by atoms with E-state index in [9.17, 15) is 8.42 Å². The van der Waals surface area contributed by atoms with E-state index in [0.29, 0.717) is 16.6 Å². The predicted molar refractivity (Wildman–Crippen MR) is 133 cm³/mol. The molecule has 2 N–H and O–H groups in total. The lowest BCUT2D eigenvalue weighted by Gasteiger charge is -2.37. The fraction of sp³-hybridized carbons (Fsp3) is 0.231. The number of anilines is 2. The molecule has 0 spiro atoms. The van der Waals surface area contributed by atoms with Crippen molar-refractivity contribution in [3.63, 3.8) is 0 Å². The third-order valence-electron chi connectivity index (χ3n) is 6.52. The van der Waals surface area contributed by atoms with Crippen LogP contribution in [-0.4, -0.2) is 15.5 Å². The molecule has 33 heavy (non-hydrogen) atoms. The van der Waals surface area contributed by atoms with E-state index in [2.05, 4.69) is 34.3 Å². The first-order valence-corrected chi connectivity index (χ1v) is 12.7. The zero-order chi connectivity index (χ0) is 23.2. The maximum absolute atomic E-state index is 13.1. The molecule has 0 saturated heterocycles. The van der Waals surface area contributed by atoms with Crippen molar-refractivity contribution < 1.29 is 13.2 Å². The first-order chi connectivity index (χ1) is 15.9. The van der Waals surface area contributed by atoms with Gasteiger partial charge in [0.15, 0.2) is 0 Å². The van der Waals surface area contributed by atoms with Crippen LogP contribution < -0.4 is 14.8 Å². The number of allylic oxidation sites excluding steroid dienone is 2. The molecule has 3 aromatic carbocycles. The molecule has 7 heteroatoms. The maximum Gasteiger partial charge on any atom is 0.261 e. The van der Waals surface area contributed by atoms with Gasteiger partial charge in [-0.1, -0.05) is 42.0 Å². The molecule has 0 bridgehead atoms.